The Kier molecular flexibility index (Phi) is 4.45. The molecule has 2 N–H and O–H groups in total. The standard InChI is InChI=1S/C14H28N2O/c1-3-14(2)9-13(6-8-17-14)16-7-4-5-12(10-15)11-16/h12-13H,3-11,15H2,1-2H3. The van der Waals surface area contributed by atoms with Crippen molar-refractivity contribution in [1.29, 1.82) is 0 Å². The molecule has 0 bridgehead atoms. The average Bonchev–Trinajstić information content (AvgIpc) is 2.39. The van der Waals surface area contributed by atoms with E-state index < -0.39 is 0 Å². The van der Waals surface area contributed by atoms with Crippen molar-refractivity contribution in [3.05, 3.63) is 0 Å². The molecule has 2 fully saturated rings. The lowest BCUT2D eigenvalue weighted by atomic mass is 9.87. The Hall–Kier alpha value is -0.120. The predicted octanol–water partition coefficient (Wildman–Crippen LogP) is 2.00. The minimum Gasteiger partial charge on any atom is -0.375 e. The maximum absolute atomic E-state index is 5.94. The fraction of sp³-hybridized carbons (Fsp3) is 1.00. The number of hydrogen-bond donors (Lipinski definition) is 1. The van der Waals surface area contributed by atoms with Crippen molar-refractivity contribution in [2.45, 2.75) is 57.6 Å². The van der Waals surface area contributed by atoms with Crippen LogP contribution >= 0.6 is 0 Å². The zero-order chi connectivity index (χ0) is 12.3. The number of hydrogen-bond acceptors (Lipinski definition) is 3. The largest absolute Gasteiger partial charge is 0.375 e. The lowest BCUT2D eigenvalue weighted by molar-refractivity contribution is -0.100. The monoisotopic (exact) mass is 240 g/mol. The number of rotatable bonds is 3. The van der Waals surface area contributed by atoms with Crippen LogP contribution < -0.4 is 5.73 Å². The molecule has 2 aliphatic heterocycles. The van der Waals surface area contributed by atoms with E-state index in [-0.39, 0.29) is 5.60 Å². The van der Waals surface area contributed by atoms with Gasteiger partial charge in [-0.2, -0.15) is 0 Å². The maximum Gasteiger partial charge on any atom is 0.0666 e. The van der Waals surface area contributed by atoms with E-state index in [0.717, 1.165) is 31.5 Å². The van der Waals surface area contributed by atoms with E-state index in [4.69, 9.17) is 10.5 Å². The highest BCUT2D eigenvalue weighted by molar-refractivity contribution is 4.89. The van der Waals surface area contributed by atoms with Crippen LogP contribution in [0.4, 0.5) is 0 Å². The van der Waals surface area contributed by atoms with Gasteiger partial charge in [0.1, 0.15) is 0 Å². The van der Waals surface area contributed by atoms with Crippen molar-refractivity contribution in [1.82, 2.24) is 4.90 Å². The summed E-state index contributed by atoms with van der Waals surface area (Å²) >= 11 is 0. The number of nitrogens with two attached hydrogens (primary N) is 1. The molecule has 3 unspecified atom stereocenters. The van der Waals surface area contributed by atoms with Crippen molar-refractivity contribution < 1.29 is 4.74 Å². The van der Waals surface area contributed by atoms with E-state index in [0.29, 0.717) is 0 Å². The molecule has 0 amide bonds. The first kappa shape index (κ1) is 13.3. The van der Waals surface area contributed by atoms with E-state index in [1.165, 1.54) is 38.8 Å². The van der Waals surface area contributed by atoms with E-state index in [1.807, 2.05) is 0 Å². The van der Waals surface area contributed by atoms with Gasteiger partial charge in [0.25, 0.3) is 0 Å². The molecular weight excluding hydrogens is 212 g/mol. The molecule has 0 aromatic rings. The summed E-state index contributed by atoms with van der Waals surface area (Å²) < 4.78 is 5.94. The molecule has 2 heterocycles. The van der Waals surface area contributed by atoms with Crippen LogP contribution in [0.15, 0.2) is 0 Å². The van der Waals surface area contributed by atoms with Gasteiger partial charge >= 0.3 is 0 Å². The summed E-state index contributed by atoms with van der Waals surface area (Å²) in [5.74, 6) is 0.722. The van der Waals surface area contributed by atoms with Gasteiger partial charge < -0.3 is 10.5 Å². The Bertz CT molecular complexity index is 246. The first-order chi connectivity index (χ1) is 8.17. The molecule has 2 aliphatic rings. The number of likely N-dealkylation sites (tertiary alicyclic amines) is 1. The summed E-state index contributed by atoms with van der Waals surface area (Å²) in [5, 5.41) is 0. The third kappa shape index (κ3) is 3.21. The van der Waals surface area contributed by atoms with Crippen molar-refractivity contribution in [3.8, 4) is 0 Å². The smallest absolute Gasteiger partial charge is 0.0666 e. The van der Waals surface area contributed by atoms with Crippen LogP contribution in [-0.2, 0) is 4.74 Å². The highest BCUT2D eigenvalue weighted by Crippen LogP contribution is 2.32. The third-order valence-electron chi connectivity index (χ3n) is 4.72. The first-order valence-corrected chi connectivity index (χ1v) is 7.25. The van der Waals surface area contributed by atoms with E-state index >= 15 is 0 Å². The summed E-state index contributed by atoms with van der Waals surface area (Å²) in [6.07, 6.45) is 6.16. The molecule has 17 heavy (non-hydrogen) atoms. The Morgan fingerprint density at radius 3 is 2.94 bits per heavy atom. The van der Waals surface area contributed by atoms with Crippen molar-refractivity contribution >= 4 is 0 Å². The molecule has 0 aliphatic carbocycles. The van der Waals surface area contributed by atoms with Crippen molar-refractivity contribution in [2.75, 3.05) is 26.2 Å². The topological polar surface area (TPSA) is 38.5 Å². The number of nitrogens with zero attached hydrogens (tertiary/aromatic N) is 1. The fourth-order valence-electron chi connectivity index (χ4n) is 3.28. The highest BCUT2D eigenvalue weighted by Gasteiger charge is 2.35. The Morgan fingerprint density at radius 1 is 1.41 bits per heavy atom. The molecule has 100 valence electrons. The quantitative estimate of drug-likeness (QED) is 0.820. The van der Waals surface area contributed by atoms with Crippen molar-refractivity contribution in [3.63, 3.8) is 0 Å². The zero-order valence-corrected chi connectivity index (χ0v) is 11.5. The average molecular weight is 240 g/mol. The van der Waals surface area contributed by atoms with Crippen LogP contribution in [0.25, 0.3) is 0 Å². The minimum absolute atomic E-state index is 0.110. The second-order valence-corrected chi connectivity index (χ2v) is 6.04. The fourth-order valence-corrected chi connectivity index (χ4v) is 3.28. The molecule has 0 saturated carbocycles. The molecule has 0 aromatic carbocycles. The maximum atomic E-state index is 5.94. The highest BCUT2D eigenvalue weighted by atomic mass is 16.5. The van der Waals surface area contributed by atoms with Gasteiger partial charge in [-0.15, -0.1) is 0 Å². The van der Waals surface area contributed by atoms with Gasteiger partial charge in [-0.1, -0.05) is 6.92 Å². The van der Waals surface area contributed by atoms with Crippen LogP contribution in [0.3, 0.4) is 0 Å². The van der Waals surface area contributed by atoms with E-state index in [9.17, 15) is 0 Å². The lowest BCUT2D eigenvalue weighted by Crippen LogP contribution is -2.50. The molecule has 3 atom stereocenters. The lowest BCUT2D eigenvalue weighted by Gasteiger charge is -2.45. The number of ether oxygens (including phenoxy) is 1. The molecule has 0 spiro atoms. The third-order valence-corrected chi connectivity index (χ3v) is 4.72. The van der Waals surface area contributed by atoms with Gasteiger partial charge in [-0.3, -0.25) is 4.90 Å². The normalized spacial score (nSPS) is 40.4. The van der Waals surface area contributed by atoms with Gasteiger partial charge in [0, 0.05) is 19.2 Å². The summed E-state index contributed by atoms with van der Waals surface area (Å²) in [4.78, 5) is 2.68. The van der Waals surface area contributed by atoms with Crippen LogP contribution in [0, 0.1) is 5.92 Å². The predicted molar refractivity (Wildman–Crippen MR) is 71.0 cm³/mol. The molecular formula is C14H28N2O. The van der Waals surface area contributed by atoms with E-state index in [2.05, 4.69) is 18.7 Å². The van der Waals surface area contributed by atoms with Gasteiger partial charge in [0.05, 0.1) is 5.60 Å². The van der Waals surface area contributed by atoms with Crippen LogP contribution in [0.2, 0.25) is 0 Å². The SMILES string of the molecule is CCC1(C)CC(N2CCCC(CN)C2)CCO1. The van der Waals surface area contributed by atoms with Gasteiger partial charge in [0.2, 0.25) is 0 Å². The molecule has 0 radical (unpaired) electrons. The molecule has 3 heteroatoms. The van der Waals surface area contributed by atoms with Crippen molar-refractivity contribution in [2.24, 2.45) is 11.7 Å². The van der Waals surface area contributed by atoms with Gasteiger partial charge in [0.15, 0.2) is 0 Å². The Balaban J connectivity index is 1.92. The summed E-state index contributed by atoms with van der Waals surface area (Å²) in [6, 6.07) is 0.725. The molecule has 2 rings (SSSR count). The Morgan fingerprint density at radius 2 is 2.24 bits per heavy atom. The second-order valence-electron chi connectivity index (χ2n) is 6.04. The Labute approximate surface area is 106 Å². The zero-order valence-electron chi connectivity index (χ0n) is 11.5. The summed E-state index contributed by atoms with van der Waals surface area (Å²) in [6.45, 7) is 8.76. The summed E-state index contributed by atoms with van der Waals surface area (Å²) in [7, 11) is 0. The first-order valence-electron chi connectivity index (χ1n) is 7.25. The summed E-state index contributed by atoms with van der Waals surface area (Å²) in [5.41, 5.74) is 5.93. The van der Waals surface area contributed by atoms with Gasteiger partial charge in [-0.05, 0) is 58.0 Å². The second kappa shape index (κ2) is 5.68. The molecule has 3 nitrogen and oxygen atoms in total. The van der Waals surface area contributed by atoms with Crippen LogP contribution in [0.5, 0.6) is 0 Å². The van der Waals surface area contributed by atoms with Gasteiger partial charge in [-0.25, -0.2) is 0 Å². The van der Waals surface area contributed by atoms with Crippen LogP contribution in [-0.4, -0.2) is 42.8 Å². The molecule has 2 saturated heterocycles. The van der Waals surface area contributed by atoms with E-state index in [1.54, 1.807) is 0 Å². The molecule has 0 aromatic heterocycles. The van der Waals surface area contributed by atoms with Crippen LogP contribution in [0.1, 0.15) is 46.0 Å². The number of piperidine rings is 1. The minimum atomic E-state index is 0.110.